The van der Waals surface area contributed by atoms with Crippen molar-refractivity contribution in [3.05, 3.63) is 26.3 Å². The third-order valence-corrected chi connectivity index (χ3v) is 1.46. The molecule has 8 radical (unpaired) electrons. The van der Waals surface area contributed by atoms with E-state index in [-0.39, 0.29) is 23.9 Å². The predicted octanol–water partition coefficient (Wildman–Crippen LogP) is 4.37. The van der Waals surface area contributed by atoms with Crippen molar-refractivity contribution in [2.75, 3.05) is 13.2 Å². The third kappa shape index (κ3) is 108. The Labute approximate surface area is 144 Å². The molecule has 0 bridgehead atoms. The van der Waals surface area contributed by atoms with Gasteiger partial charge in [0.2, 0.25) is 0 Å². The van der Waals surface area contributed by atoms with Crippen molar-refractivity contribution >= 4 is 30.7 Å². The number of nitrogens with zero attached hydrogens (tertiary/aromatic N) is 3. The van der Waals surface area contributed by atoms with E-state index in [1.54, 1.807) is 0 Å². The molecule has 118 valence electrons. The molecule has 20 heavy (non-hydrogen) atoms. The summed E-state index contributed by atoms with van der Waals surface area (Å²) < 4.78 is 4.33. The minimum Gasteiger partial charge on any atom is -0.373 e. The molecule has 0 rings (SSSR count). The molecule has 0 amide bonds. The van der Waals surface area contributed by atoms with Crippen LogP contribution in [0.5, 0.6) is 0 Å². The fourth-order valence-corrected chi connectivity index (χ4v) is 0.150. The standard InChI is InChI=1S/3C4H9.C3H6N3O.Sn/c3*1-3-4-2;1-7-3-2-5-6-4;/h3*1,3-4H2,2H3;1-3H2;. The molecule has 0 aliphatic rings. The Bertz CT molecular complexity index is 113. The van der Waals surface area contributed by atoms with Gasteiger partial charge in [-0.15, -0.1) is 0 Å². The zero-order valence-corrected chi connectivity index (χ0v) is 16.6. The minimum absolute atomic E-state index is 0. The molecule has 0 heterocycles. The summed E-state index contributed by atoms with van der Waals surface area (Å²) in [6.07, 6.45) is 6.83. The first kappa shape index (κ1) is 32.0. The predicted molar refractivity (Wildman–Crippen MR) is 91.3 cm³/mol. The monoisotopic (exact) mass is 391 g/mol. The van der Waals surface area contributed by atoms with Gasteiger partial charge >= 0.3 is 0 Å². The smallest absolute Gasteiger partial charge is 0.273 e. The summed E-state index contributed by atoms with van der Waals surface area (Å²) in [5.41, 5.74) is 10.9. The molecule has 0 aromatic heterocycles. The molecule has 4 nitrogen and oxygen atoms in total. The van der Waals surface area contributed by atoms with Crippen molar-refractivity contribution in [2.45, 2.75) is 59.3 Å². The van der Waals surface area contributed by atoms with E-state index in [9.17, 15) is 0 Å². The SMILES string of the molecule is C=[O+]CC[N]N=[N-].[CH2]CCC.[CH2]CCC.[CH2]CCC.[Sn]. The fraction of sp³-hybridized carbons (Fsp3) is 0.733. The van der Waals surface area contributed by atoms with Crippen LogP contribution in [0.15, 0.2) is 5.22 Å². The number of unbranched alkanes of at least 4 members (excludes halogenated alkanes) is 3. The molecule has 0 aromatic rings. The van der Waals surface area contributed by atoms with Crippen LogP contribution < -0.4 is 5.43 Å². The maximum atomic E-state index is 7.68. The summed E-state index contributed by atoms with van der Waals surface area (Å²) in [6.45, 7) is 21.0. The molecule has 0 atom stereocenters. The van der Waals surface area contributed by atoms with Crippen LogP contribution in [0.2, 0.25) is 0 Å². The van der Waals surface area contributed by atoms with E-state index in [2.05, 4.69) is 63.4 Å². The van der Waals surface area contributed by atoms with Gasteiger partial charge in [-0.2, -0.15) is 0 Å². The second-order valence-electron chi connectivity index (χ2n) is 3.42. The van der Waals surface area contributed by atoms with Gasteiger partial charge in [0.15, 0.2) is 0 Å². The van der Waals surface area contributed by atoms with Gasteiger partial charge in [0.05, 0.1) is 6.54 Å². The Morgan fingerprint density at radius 3 is 1.35 bits per heavy atom. The molecule has 0 aromatic carbocycles. The summed E-state index contributed by atoms with van der Waals surface area (Å²) >= 11 is 0. The molecular weight excluding hydrogens is 357 g/mol. The Balaban J connectivity index is -0.0000000512. The normalized spacial score (nSPS) is 7.10. The topological polar surface area (TPSA) is 60.1 Å². The van der Waals surface area contributed by atoms with Crippen molar-refractivity contribution in [1.29, 1.82) is 0 Å². The van der Waals surface area contributed by atoms with Gasteiger partial charge in [-0.25, -0.2) is 0 Å². The number of rotatable bonds is 7. The quantitative estimate of drug-likeness (QED) is 0.204. The maximum Gasteiger partial charge on any atom is 0.273 e. The molecule has 0 fully saturated rings. The van der Waals surface area contributed by atoms with E-state index >= 15 is 0 Å². The molecule has 0 unspecified atom stereocenters. The van der Waals surface area contributed by atoms with E-state index in [1.807, 2.05) is 0 Å². The Morgan fingerprint density at radius 2 is 1.20 bits per heavy atom. The van der Waals surface area contributed by atoms with Crippen molar-refractivity contribution in [3.8, 4) is 0 Å². The number of hydrogen-bond donors (Lipinski definition) is 0. The first-order valence-corrected chi connectivity index (χ1v) is 6.91. The molecule has 0 saturated heterocycles. The van der Waals surface area contributed by atoms with Gasteiger partial charge in [0.25, 0.3) is 13.4 Å². The average molecular weight is 390 g/mol. The van der Waals surface area contributed by atoms with Gasteiger partial charge in [-0.05, 0) is 0 Å². The fourth-order valence-electron chi connectivity index (χ4n) is 0.150. The molecule has 0 aliphatic heterocycles. The van der Waals surface area contributed by atoms with Crippen LogP contribution in [0.4, 0.5) is 0 Å². The number of hydrogen-bond acceptors (Lipinski definition) is 1. The molecule has 0 N–H and O–H groups in total. The summed E-state index contributed by atoms with van der Waals surface area (Å²) in [6, 6.07) is 0. The second kappa shape index (κ2) is 51.0. The minimum atomic E-state index is 0. The van der Waals surface area contributed by atoms with Gasteiger partial charge in [-0.3, -0.25) is 9.65 Å². The van der Waals surface area contributed by atoms with Crippen molar-refractivity contribution in [2.24, 2.45) is 5.22 Å². The first-order chi connectivity index (χ1) is 9.16. The first-order valence-electron chi connectivity index (χ1n) is 6.91. The third-order valence-electron chi connectivity index (χ3n) is 1.46. The van der Waals surface area contributed by atoms with E-state index in [4.69, 9.17) is 5.53 Å². The molecule has 0 aliphatic carbocycles. The Morgan fingerprint density at radius 1 is 0.900 bits per heavy atom. The van der Waals surface area contributed by atoms with E-state index in [1.165, 1.54) is 19.3 Å². The summed E-state index contributed by atoms with van der Waals surface area (Å²) in [5, 5.41) is 2.49. The van der Waals surface area contributed by atoms with Crippen LogP contribution >= 0.6 is 0 Å². The maximum absolute atomic E-state index is 7.68. The summed E-state index contributed by atoms with van der Waals surface area (Å²) in [7, 11) is 0. The van der Waals surface area contributed by atoms with Crippen molar-refractivity contribution < 1.29 is 4.42 Å². The summed E-state index contributed by atoms with van der Waals surface area (Å²) in [5.74, 6) is 0. The van der Waals surface area contributed by atoms with Gasteiger partial charge < -0.3 is 11.0 Å². The van der Waals surface area contributed by atoms with E-state index in [0.717, 1.165) is 19.3 Å². The van der Waals surface area contributed by atoms with Gasteiger partial charge in [0, 0.05) is 23.9 Å². The van der Waals surface area contributed by atoms with Crippen LogP contribution in [0.1, 0.15) is 59.3 Å². The number of carbonyl (C=O) groups excluding carboxylic acids is 1. The molecule has 0 saturated carbocycles. The summed E-state index contributed by atoms with van der Waals surface area (Å²) in [4.78, 5) is 0. The molecule has 0 spiro atoms. The van der Waals surface area contributed by atoms with Crippen LogP contribution in [0, 0.1) is 20.8 Å². The van der Waals surface area contributed by atoms with Crippen molar-refractivity contribution in [1.82, 2.24) is 5.43 Å². The van der Waals surface area contributed by atoms with E-state index in [0.29, 0.717) is 13.2 Å². The Hall–Kier alpha value is -0.131. The van der Waals surface area contributed by atoms with Crippen LogP contribution in [-0.4, -0.2) is 43.8 Å². The van der Waals surface area contributed by atoms with Crippen LogP contribution in [0.3, 0.4) is 0 Å². The van der Waals surface area contributed by atoms with Crippen molar-refractivity contribution in [3.63, 3.8) is 0 Å². The zero-order valence-electron chi connectivity index (χ0n) is 13.7. The molecular formula is C15H33N3OSn. The zero-order chi connectivity index (χ0) is 15.8. The van der Waals surface area contributed by atoms with Gasteiger partial charge in [-0.1, -0.05) is 80.1 Å². The second-order valence-corrected chi connectivity index (χ2v) is 3.42. The van der Waals surface area contributed by atoms with E-state index < -0.39 is 0 Å². The molecule has 5 heteroatoms. The van der Waals surface area contributed by atoms with Crippen LogP contribution in [0.25, 0.3) is 5.53 Å². The van der Waals surface area contributed by atoms with Crippen LogP contribution in [-0.2, 0) is 4.42 Å². The largest absolute Gasteiger partial charge is 0.373 e. The Kier molecular flexibility index (Phi) is 81.6. The van der Waals surface area contributed by atoms with Gasteiger partial charge in [0.1, 0.15) is 0 Å². The average Bonchev–Trinajstić information content (AvgIpc) is 2.48.